The van der Waals surface area contributed by atoms with Crippen LogP contribution in [0.2, 0.25) is 0 Å². The molecule has 3 aromatic carbocycles. The molecule has 0 fully saturated rings. The first-order chi connectivity index (χ1) is 12.0. The topological polar surface area (TPSA) is 63.2 Å². The van der Waals surface area contributed by atoms with Crippen molar-refractivity contribution < 1.29 is 13.2 Å². The first-order valence-electron chi connectivity index (χ1n) is 7.75. The van der Waals surface area contributed by atoms with Crippen LogP contribution in [-0.4, -0.2) is 14.2 Å². The fourth-order valence-electron chi connectivity index (χ4n) is 2.44. The molecule has 25 heavy (non-hydrogen) atoms. The quantitative estimate of drug-likeness (QED) is 0.695. The molecule has 0 atom stereocenters. The zero-order valence-corrected chi connectivity index (χ0v) is 14.5. The molecule has 126 valence electrons. The molecule has 3 rings (SSSR count). The highest BCUT2D eigenvalue weighted by molar-refractivity contribution is 7.92. The largest absolute Gasteiger partial charge is 0.295 e. The van der Waals surface area contributed by atoms with E-state index < -0.39 is 10.0 Å². The first-order valence-corrected chi connectivity index (χ1v) is 9.23. The van der Waals surface area contributed by atoms with Gasteiger partial charge in [-0.15, -0.1) is 0 Å². The molecular formula is C20H17NO3S. The van der Waals surface area contributed by atoms with Crippen molar-refractivity contribution in [2.75, 3.05) is 4.72 Å². The highest BCUT2D eigenvalue weighted by Crippen LogP contribution is 2.23. The third kappa shape index (κ3) is 3.95. The molecule has 0 saturated carbocycles. The number of benzene rings is 3. The second-order valence-corrected chi connectivity index (χ2v) is 7.31. The van der Waals surface area contributed by atoms with E-state index in [0.29, 0.717) is 11.3 Å². The second kappa shape index (κ2) is 6.91. The number of carbonyl (C=O) groups excluding carboxylic acids is 1. The van der Waals surface area contributed by atoms with E-state index in [9.17, 15) is 13.2 Å². The minimum absolute atomic E-state index is 0.0252. The zero-order chi connectivity index (χ0) is 17.9. The van der Waals surface area contributed by atoms with Crippen molar-refractivity contribution in [3.05, 3.63) is 84.4 Å². The average Bonchev–Trinajstić information content (AvgIpc) is 2.63. The Morgan fingerprint density at radius 2 is 1.28 bits per heavy atom. The van der Waals surface area contributed by atoms with Gasteiger partial charge < -0.3 is 0 Å². The second-order valence-electron chi connectivity index (χ2n) is 5.63. The average molecular weight is 351 g/mol. The highest BCUT2D eigenvalue weighted by atomic mass is 32.2. The van der Waals surface area contributed by atoms with Gasteiger partial charge in [-0.1, -0.05) is 54.6 Å². The Hall–Kier alpha value is -2.92. The minimum atomic E-state index is -3.59. The van der Waals surface area contributed by atoms with Gasteiger partial charge in [0.25, 0.3) is 10.0 Å². The van der Waals surface area contributed by atoms with Gasteiger partial charge >= 0.3 is 0 Å². The van der Waals surface area contributed by atoms with E-state index in [1.807, 2.05) is 24.3 Å². The Morgan fingerprint density at radius 1 is 0.760 bits per heavy atom. The number of hydrogen-bond donors (Lipinski definition) is 1. The minimum Gasteiger partial charge on any atom is -0.295 e. The van der Waals surface area contributed by atoms with Crippen LogP contribution in [0.15, 0.2) is 83.8 Å². The molecule has 0 aliphatic heterocycles. The molecule has 1 N–H and O–H groups in total. The number of Topliss-reactive ketones (excluding diaryl/α,β-unsaturated/α-hetero) is 1. The molecule has 0 saturated heterocycles. The van der Waals surface area contributed by atoms with Crippen molar-refractivity contribution in [2.24, 2.45) is 0 Å². The molecule has 0 radical (unpaired) electrons. The predicted molar refractivity (Wildman–Crippen MR) is 99.1 cm³/mol. The van der Waals surface area contributed by atoms with Crippen LogP contribution in [0.25, 0.3) is 11.1 Å². The Bertz CT molecular complexity index is 977. The Morgan fingerprint density at radius 3 is 1.80 bits per heavy atom. The summed E-state index contributed by atoms with van der Waals surface area (Å²) in [6, 6.07) is 22.7. The molecule has 3 aromatic rings. The molecule has 0 bridgehead atoms. The number of anilines is 1. The van der Waals surface area contributed by atoms with Crippen LogP contribution in [0.5, 0.6) is 0 Å². The Kier molecular flexibility index (Phi) is 4.67. The summed E-state index contributed by atoms with van der Waals surface area (Å²) in [5.74, 6) is 0.0252. The number of rotatable bonds is 5. The van der Waals surface area contributed by atoms with Crippen molar-refractivity contribution in [1.29, 1.82) is 0 Å². The summed E-state index contributed by atoms with van der Waals surface area (Å²) >= 11 is 0. The molecule has 4 nitrogen and oxygen atoms in total. The van der Waals surface area contributed by atoms with E-state index in [2.05, 4.69) is 4.72 Å². The van der Waals surface area contributed by atoms with Crippen LogP contribution in [0, 0.1) is 0 Å². The van der Waals surface area contributed by atoms with Crippen LogP contribution in [0.1, 0.15) is 17.3 Å². The normalized spacial score (nSPS) is 11.1. The highest BCUT2D eigenvalue weighted by Gasteiger charge is 2.13. The lowest BCUT2D eigenvalue weighted by Crippen LogP contribution is -2.12. The van der Waals surface area contributed by atoms with Gasteiger partial charge in [0.05, 0.1) is 4.90 Å². The fraction of sp³-hybridized carbons (Fsp3) is 0.0500. The van der Waals surface area contributed by atoms with Crippen molar-refractivity contribution in [3.8, 4) is 11.1 Å². The molecule has 0 heterocycles. The van der Waals surface area contributed by atoms with Gasteiger partial charge in [0.15, 0.2) is 5.78 Å². The zero-order valence-electron chi connectivity index (χ0n) is 13.6. The van der Waals surface area contributed by atoms with E-state index in [0.717, 1.165) is 11.1 Å². The number of nitrogens with one attached hydrogen (secondary N) is 1. The van der Waals surface area contributed by atoms with Crippen molar-refractivity contribution in [2.45, 2.75) is 11.8 Å². The number of ketones is 1. The smallest absolute Gasteiger partial charge is 0.261 e. The first kappa shape index (κ1) is 16.9. The van der Waals surface area contributed by atoms with Crippen molar-refractivity contribution >= 4 is 21.5 Å². The van der Waals surface area contributed by atoms with Gasteiger partial charge in [-0.2, -0.15) is 0 Å². The SMILES string of the molecule is CC(=O)c1ccc(-c2ccc(NS(=O)(=O)c3ccccc3)cc2)cc1. The van der Waals surface area contributed by atoms with Crippen LogP contribution >= 0.6 is 0 Å². The lowest BCUT2D eigenvalue weighted by molar-refractivity contribution is 0.101. The summed E-state index contributed by atoms with van der Waals surface area (Å²) in [5.41, 5.74) is 3.06. The third-order valence-corrected chi connectivity index (χ3v) is 5.21. The fourth-order valence-corrected chi connectivity index (χ4v) is 3.52. The van der Waals surface area contributed by atoms with Gasteiger partial charge in [-0.25, -0.2) is 8.42 Å². The summed E-state index contributed by atoms with van der Waals surface area (Å²) in [5, 5.41) is 0. The lowest BCUT2D eigenvalue weighted by Gasteiger charge is -2.09. The maximum absolute atomic E-state index is 12.3. The molecule has 0 aliphatic rings. The number of carbonyl (C=O) groups is 1. The lowest BCUT2D eigenvalue weighted by atomic mass is 10.0. The van der Waals surface area contributed by atoms with Gasteiger partial charge in [-0.3, -0.25) is 9.52 Å². The van der Waals surface area contributed by atoms with E-state index in [-0.39, 0.29) is 10.7 Å². The van der Waals surface area contributed by atoms with Gasteiger partial charge in [0.2, 0.25) is 0 Å². The van der Waals surface area contributed by atoms with Crippen LogP contribution in [0.3, 0.4) is 0 Å². The van der Waals surface area contributed by atoms with Crippen molar-refractivity contribution in [3.63, 3.8) is 0 Å². The maximum atomic E-state index is 12.3. The standard InChI is InChI=1S/C20H17NO3S/c1-15(22)16-7-9-17(10-8-16)18-11-13-19(14-12-18)21-25(23,24)20-5-3-2-4-6-20/h2-14,21H,1H3. The molecule has 5 heteroatoms. The summed E-state index contributed by atoms with van der Waals surface area (Å²) in [4.78, 5) is 11.5. The van der Waals surface area contributed by atoms with E-state index >= 15 is 0 Å². The monoisotopic (exact) mass is 351 g/mol. The van der Waals surface area contributed by atoms with Gasteiger partial charge in [-0.05, 0) is 42.3 Å². The van der Waals surface area contributed by atoms with Crippen LogP contribution in [-0.2, 0) is 10.0 Å². The van der Waals surface area contributed by atoms with E-state index in [1.54, 1.807) is 54.6 Å². The molecular weight excluding hydrogens is 334 g/mol. The summed E-state index contributed by atoms with van der Waals surface area (Å²) in [6.45, 7) is 1.53. The predicted octanol–water partition coefficient (Wildman–Crippen LogP) is 4.36. The third-order valence-electron chi connectivity index (χ3n) is 3.82. The Labute approximate surface area is 147 Å². The van der Waals surface area contributed by atoms with Gasteiger partial charge in [0, 0.05) is 11.3 Å². The molecule has 0 amide bonds. The van der Waals surface area contributed by atoms with Crippen LogP contribution in [0.4, 0.5) is 5.69 Å². The summed E-state index contributed by atoms with van der Waals surface area (Å²) in [6.07, 6.45) is 0. The summed E-state index contributed by atoms with van der Waals surface area (Å²) < 4.78 is 27.2. The summed E-state index contributed by atoms with van der Waals surface area (Å²) in [7, 11) is -3.59. The van der Waals surface area contributed by atoms with Crippen LogP contribution < -0.4 is 4.72 Å². The van der Waals surface area contributed by atoms with Gasteiger partial charge in [0.1, 0.15) is 0 Å². The maximum Gasteiger partial charge on any atom is 0.261 e. The number of sulfonamides is 1. The molecule has 0 unspecified atom stereocenters. The Balaban J connectivity index is 1.79. The molecule has 0 aliphatic carbocycles. The van der Waals surface area contributed by atoms with E-state index in [1.165, 1.54) is 6.92 Å². The van der Waals surface area contributed by atoms with E-state index in [4.69, 9.17) is 0 Å². The van der Waals surface area contributed by atoms with Crippen molar-refractivity contribution in [1.82, 2.24) is 0 Å². The number of hydrogen-bond acceptors (Lipinski definition) is 3. The molecule has 0 spiro atoms. The molecule has 0 aromatic heterocycles.